The first-order valence-corrected chi connectivity index (χ1v) is 5.06. The molecule has 0 N–H and O–H groups in total. The van der Waals surface area contributed by atoms with Crippen LogP contribution in [0, 0.1) is 5.92 Å². The van der Waals surface area contributed by atoms with Crippen LogP contribution < -0.4 is 0 Å². The molecule has 0 aromatic heterocycles. The molecule has 2 aliphatic rings. The molecule has 0 bridgehead atoms. The zero-order valence-electron chi connectivity index (χ0n) is 8.16. The third kappa shape index (κ3) is 2.00. The van der Waals surface area contributed by atoms with Crippen molar-refractivity contribution >= 4 is 0 Å². The first-order chi connectivity index (χ1) is 6.36. The third-order valence-corrected chi connectivity index (χ3v) is 2.85. The molecule has 0 saturated carbocycles. The first kappa shape index (κ1) is 8.55. The molecule has 0 aromatic carbocycles. The lowest BCUT2D eigenvalue weighted by Gasteiger charge is -2.20. The SMILES string of the molecule is CC1=CC=C(C2C=CC=CC2)CC1. The summed E-state index contributed by atoms with van der Waals surface area (Å²) in [4.78, 5) is 0. The van der Waals surface area contributed by atoms with E-state index in [4.69, 9.17) is 0 Å². The van der Waals surface area contributed by atoms with E-state index in [1.165, 1.54) is 24.8 Å². The van der Waals surface area contributed by atoms with E-state index < -0.39 is 0 Å². The number of allylic oxidation sites excluding steroid dienone is 8. The predicted octanol–water partition coefficient (Wildman–Crippen LogP) is 3.79. The quantitative estimate of drug-likeness (QED) is 0.564. The molecule has 2 rings (SSSR count). The van der Waals surface area contributed by atoms with Gasteiger partial charge in [-0.2, -0.15) is 0 Å². The van der Waals surface area contributed by atoms with Crippen LogP contribution in [0.3, 0.4) is 0 Å². The third-order valence-electron chi connectivity index (χ3n) is 2.85. The minimum Gasteiger partial charge on any atom is -0.0836 e. The molecule has 0 heteroatoms. The fourth-order valence-corrected chi connectivity index (χ4v) is 1.92. The van der Waals surface area contributed by atoms with Gasteiger partial charge < -0.3 is 0 Å². The van der Waals surface area contributed by atoms with Crippen LogP contribution in [0.1, 0.15) is 26.2 Å². The Morgan fingerprint density at radius 1 is 1.15 bits per heavy atom. The highest BCUT2D eigenvalue weighted by molar-refractivity contribution is 5.29. The Morgan fingerprint density at radius 2 is 2.08 bits per heavy atom. The normalized spacial score (nSPS) is 27.0. The van der Waals surface area contributed by atoms with E-state index in [9.17, 15) is 0 Å². The molecule has 0 amide bonds. The van der Waals surface area contributed by atoms with Crippen molar-refractivity contribution in [2.45, 2.75) is 26.2 Å². The van der Waals surface area contributed by atoms with Gasteiger partial charge in [0.25, 0.3) is 0 Å². The summed E-state index contributed by atoms with van der Waals surface area (Å²) in [7, 11) is 0. The standard InChI is InChI=1S/C13H16/c1-11-7-9-13(10-8-11)12-5-3-2-4-6-12/h2-5,7,9,12H,6,8,10H2,1H3. The van der Waals surface area contributed by atoms with Crippen LogP contribution in [0.25, 0.3) is 0 Å². The zero-order chi connectivity index (χ0) is 9.10. The van der Waals surface area contributed by atoms with Crippen molar-refractivity contribution in [2.75, 3.05) is 0 Å². The Bertz CT molecular complexity index is 300. The lowest BCUT2D eigenvalue weighted by molar-refractivity contribution is 0.702. The maximum atomic E-state index is 2.32. The van der Waals surface area contributed by atoms with Crippen LogP contribution >= 0.6 is 0 Å². The van der Waals surface area contributed by atoms with Crippen molar-refractivity contribution in [2.24, 2.45) is 5.92 Å². The lowest BCUT2D eigenvalue weighted by atomic mass is 9.86. The average Bonchev–Trinajstić information content (AvgIpc) is 2.20. The van der Waals surface area contributed by atoms with E-state index >= 15 is 0 Å². The van der Waals surface area contributed by atoms with Gasteiger partial charge >= 0.3 is 0 Å². The number of rotatable bonds is 1. The van der Waals surface area contributed by atoms with Crippen molar-refractivity contribution in [3.05, 3.63) is 47.6 Å². The molecular weight excluding hydrogens is 156 g/mol. The van der Waals surface area contributed by atoms with Crippen LogP contribution in [0.2, 0.25) is 0 Å². The fraction of sp³-hybridized carbons (Fsp3) is 0.385. The van der Waals surface area contributed by atoms with Gasteiger partial charge in [-0.1, -0.05) is 47.6 Å². The van der Waals surface area contributed by atoms with Crippen LogP contribution in [0.5, 0.6) is 0 Å². The molecule has 0 spiro atoms. The van der Waals surface area contributed by atoms with Gasteiger partial charge in [0.1, 0.15) is 0 Å². The summed E-state index contributed by atoms with van der Waals surface area (Å²) < 4.78 is 0. The van der Waals surface area contributed by atoms with Crippen LogP contribution in [-0.2, 0) is 0 Å². The molecule has 0 radical (unpaired) electrons. The van der Waals surface area contributed by atoms with Gasteiger partial charge in [0, 0.05) is 5.92 Å². The Hall–Kier alpha value is -1.04. The van der Waals surface area contributed by atoms with E-state index in [2.05, 4.69) is 43.4 Å². The molecule has 68 valence electrons. The minimum atomic E-state index is 0.675. The van der Waals surface area contributed by atoms with E-state index in [0.717, 1.165) is 0 Å². The second kappa shape index (κ2) is 3.78. The van der Waals surface area contributed by atoms with Crippen molar-refractivity contribution < 1.29 is 0 Å². The second-order valence-corrected chi connectivity index (χ2v) is 3.91. The Kier molecular flexibility index (Phi) is 2.49. The Morgan fingerprint density at radius 3 is 2.69 bits per heavy atom. The van der Waals surface area contributed by atoms with E-state index in [1.54, 1.807) is 5.57 Å². The van der Waals surface area contributed by atoms with Crippen molar-refractivity contribution in [3.8, 4) is 0 Å². The Balaban J connectivity index is 2.09. The van der Waals surface area contributed by atoms with Gasteiger partial charge in [0.05, 0.1) is 0 Å². The molecule has 2 aliphatic carbocycles. The largest absolute Gasteiger partial charge is 0.0836 e. The highest BCUT2D eigenvalue weighted by atomic mass is 14.2. The maximum Gasteiger partial charge on any atom is 0.00177 e. The molecule has 0 aliphatic heterocycles. The predicted molar refractivity (Wildman–Crippen MR) is 57.5 cm³/mol. The van der Waals surface area contributed by atoms with Crippen molar-refractivity contribution in [3.63, 3.8) is 0 Å². The molecule has 0 nitrogen and oxygen atoms in total. The summed E-state index contributed by atoms with van der Waals surface area (Å²) in [6.07, 6.45) is 17.2. The second-order valence-electron chi connectivity index (χ2n) is 3.91. The smallest absolute Gasteiger partial charge is 0.00177 e. The monoisotopic (exact) mass is 172 g/mol. The number of hydrogen-bond acceptors (Lipinski definition) is 0. The van der Waals surface area contributed by atoms with Gasteiger partial charge in [0.15, 0.2) is 0 Å². The first-order valence-electron chi connectivity index (χ1n) is 5.06. The zero-order valence-corrected chi connectivity index (χ0v) is 8.16. The molecule has 0 saturated heterocycles. The summed E-state index contributed by atoms with van der Waals surface area (Å²) in [5, 5.41) is 0. The molecule has 0 aromatic rings. The summed E-state index contributed by atoms with van der Waals surface area (Å²) in [6.45, 7) is 2.21. The van der Waals surface area contributed by atoms with E-state index in [-0.39, 0.29) is 0 Å². The highest BCUT2D eigenvalue weighted by Gasteiger charge is 2.12. The van der Waals surface area contributed by atoms with Crippen molar-refractivity contribution in [1.82, 2.24) is 0 Å². The minimum absolute atomic E-state index is 0.675. The molecule has 1 unspecified atom stereocenters. The summed E-state index contributed by atoms with van der Waals surface area (Å²) >= 11 is 0. The van der Waals surface area contributed by atoms with Gasteiger partial charge in [-0.15, -0.1) is 0 Å². The van der Waals surface area contributed by atoms with Crippen molar-refractivity contribution in [1.29, 1.82) is 0 Å². The molecule has 0 fully saturated rings. The molecular formula is C13H16. The highest BCUT2D eigenvalue weighted by Crippen LogP contribution is 2.28. The van der Waals surface area contributed by atoms with Gasteiger partial charge in [-0.3, -0.25) is 0 Å². The molecule has 0 heterocycles. The van der Waals surface area contributed by atoms with Gasteiger partial charge in [-0.25, -0.2) is 0 Å². The average molecular weight is 172 g/mol. The molecule has 13 heavy (non-hydrogen) atoms. The van der Waals surface area contributed by atoms with Gasteiger partial charge in [0.2, 0.25) is 0 Å². The Labute approximate surface area is 80.3 Å². The van der Waals surface area contributed by atoms with Crippen LogP contribution in [0.4, 0.5) is 0 Å². The van der Waals surface area contributed by atoms with Crippen LogP contribution in [-0.4, -0.2) is 0 Å². The lowest BCUT2D eigenvalue weighted by Crippen LogP contribution is -2.04. The summed E-state index contributed by atoms with van der Waals surface area (Å²) in [5.74, 6) is 0.675. The maximum absolute atomic E-state index is 2.32. The molecule has 1 atom stereocenters. The summed E-state index contributed by atoms with van der Waals surface area (Å²) in [5.41, 5.74) is 3.12. The van der Waals surface area contributed by atoms with Crippen LogP contribution in [0.15, 0.2) is 47.6 Å². The topological polar surface area (TPSA) is 0 Å². The number of hydrogen-bond donors (Lipinski definition) is 0. The van der Waals surface area contributed by atoms with Gasteiger partial charge in [-0.05, 0) is 26.2 Å². The summed E-state index contributed by atoms with van der Waals surface area (Å²) in [6, 6.07) is 0. The van der Waals surface area contributed by atoms with E-state index in [0.29, 0.717) is 5.92 Å². The van der Waals surface area contributed by atoms with E-state index in [1.807, 2.05) is 0 Å². The fourth-order valence-electron chi connectivity index (χ4n) is 1.92.